The Morgan fingerprint density at radius 3 is 0.833 bits per heavy atom. The Kier molecular flexibility index (Phi) is 41.3. The Morgan fingerprint density at radius 2 is 0.833 bits per heavy atom. The van der Waals surface area contributed by atoms with E-state index in [1.54, 1.807) is 0 Å². The average Bonchev–Trinajstić information content (AvgIpc) is 2.39. The fraction of sp³-hybridized carbons (Fsp3) is 0.400. The summed E-state index contributed by atoms with van der Waals surface area (Å²) < 4.78 is 0. The van der Waals surface area contributed by atoms with Crippen molar-refractivity contribution in [1.82, 2.24) is 0 Å². The van der Waals surface area contributed by atoms with Crippen LogP contribution in [-0.2, 0) is 9.59 Å². The third kappa shape index (κ3) is 138. The molecule has 0 amide bonds. The molecule has 0 bridgehead atoms. The fourth-order valence-electron chi connectivity index (χ4n) is 0. The van der Waals surface area contributed by atoms with E-state index < -0.39 is 11.9 Å². The van der Waals surface area contributed by atoms with E-state index in [0.717, 1.165) is 12.2 Å². The third-order valence-electron chi connectivity index (χ3n) is 0.549. The van der Waals surface area contributed by atoms with Crippen LogP contribution in [0.5, 0.6) is 0 Å². The molecule has 8 nitrogen and oxygen atoms in total. The standard InChI is InChI=1S/2C3H4O2.2C2H6O2/c2*1-2-3(4)5;2*3-1-2-4/h2*2H,1H2,(H,4,5);2*3-4H,1-2H2. The molecule has 0 saturated heterocycles. The molecule has 0 rings (SSSR count). The number of carboxylic acids is 2. The molecule has 0 aliphatic rings. The van der Waals surface area contributed by atoms with Gasteiger partial charge in [0, 0.05) is 12.2 Å². The van der Waals surface area contributed by atoms with Gasteiger partial charge in [0.1, 0.15) is 0 Å². The average molecular weight is 268 g/mol. The van der Waals surface area contributed by atoms with Crippen LogP contribution in [0.25, 0.3) is 0 Å². The molecule has 0 unspecified atom stereocenters. The molecule has 0 aliphatic carbocycles. The van der Waals surface area contributed by atoms with Gasteiger partial charge in [0.2, 0.25) is 0 Å². The Morgan fingerprint density at radius 1 is 0.722 bits per heavy atom. The summed E-state index contributed by atoms with van der Waals surface area (Å²) >= 11 is 0. The van der Waals surface area contributed by atoms with Gasteiger partial charge in [-0.1, -0.05) is 13.2 Å². The molecule has 0 heterocycles. The number of rotatable bonds is 4. The van der Waals surface area contributed by atoms with Crippen molar-refractivity contribution in [2.24, 2.45) is 0 Å². The van der Waals surface area contributed by atoms with Crippen molar-refractivity contribution in [1.29, 1.82) is 0 Å². The minimum absolute atomic E-state index is 0.125. The minimum atomic E-state index is -0.981. The minimum Gasteiger partial charge on any atom is -0.478 e. The van der Waals surface area contributed by atoms with Crippen LogP contribution in [0.3, 0.4) is 0 Å². The molecule has 0 atom stereocenters. The lowest BCUT2D eigenvalue weighted by atomic mass is 10.7. The van der Waals surface area contributed by atoms with Crippen molar-refractivity contribution in [3.8, 4) is 0 Å². The molecule has 8 heteroatoms. The summed E-state index contributed by atoms with van der Waals surface area (Å²) in [5.41, 5.74) is 0. The Hall–Kier alpha value is -1.74. The lowest BCUT2D eigenvalue weighted by molar-refractivity contribution is -0.132. The Bertz CT molecular complexity index is 176. The summed E-state index contributed by atoms with van der Waals surface area (Å²) in [6, 6.07) is 0. The highest BCUT2D eigenvalue weighted by Gasteiger charge is 1.73. The lowest BCUT2D eigenvalue weighted by Gasteiger charge is -1.70. The molecule has 18 heavy (non-hydrogen) atoms. The second-order valence-corrected chi connectivity index (χ2v) is 1.98. The predicted octanol–water partition coefficient (Wildman–Crippen LogP) is -1.54. The van der Waals surface area contributed by atoms with Crippen LogP contribution in [0.2, 0.25) is 0 Å². The highest BCUT2D eigenvalue weighted by Crippen LogP contribution is 1.55. The zero-order chi connectivity index (χ0) is 15.4. The van der Waals surface area contributed by atoms with Crippen LogP contribution < -0.4 is 0 Å². The molecule has 6 N–H and O–H groups in total. The van der Waals surface area contributed by atoms with Crippen molar-refractivity contribution >= 4 is 11.9 Å². The number of carboxylic acid groups (broad SMARTS) is 2. The smallest absolute Gasteiger partial charge is 0.327 e. The summed E-state index contributed by atoms with van der Waals surface area (Å²) in [6.45, 7) is 5.42. The summed E-state index contributed by atoms with van der Waals surface area (Å²) in [4.78, 5) is 18.5. The molecule has 0 aromatic rings. The Balaban J connectivity index is -0.0000000731. The molecule has 0 aromatic carbocycles. The van der Waals surface area contributed by atoms with Crippen LogP contribution in [0, 0.1) is 0 Å². The number of hydrogen-bond donors (Lipinski definition) is 6. The molecule has 0 saturated carbocycles. The summed E-state index contributed by atoms with van der Waals surface area (Å²) in [5.74, 6) is -1.96. The fourth-order valence-corrected chi connectivity index (χ4v) is 0. The van der Waals surface area contributed by atoms with E-state index in [4.69, 9.17) is 30.6 Å². The number of carbonyl (C=O) groups is 2. The summed E-state index contributed by atoms with van der Waals surface area (Å²) in [7, 11) is 0. The van der Waals surface area contributed by atoms with Crippen molar-refractivity contribution in [3.63, 3.8) is 0 Å². The van der Waals surface area contributed by atoms with E-state index in [0.29, 0.717) is 0 Å². The maximum absolute atomic E-state index is 9.25. The molecule has 0 aliphatic heterocycles. The van der Waals surface area contributed by atoms with E-state index in [9.17, 15) is 9.59 Å². The topological polar surface area (TPSA) is 156 Å². The van der Waals surface area contributed by atoms with Crippen LogP contribution in [-0.4, -0.2) is 69.0 Å². The van der Waals surface area contributed by atoms with Gasteiger partial charge in [-0.25, -0.2) is 9.59 Å². The third-order valence-corrected chi connectivity index (χ3v) is 0.549. The largest absolute Gasteiger partial charge is 0.478 e. The second kappa shape index (κ2) is 29.5. The normalized spacial score (nSPS) is 6.89. The number of aliphatic carboxylic acids is 2. The van der Waals surface area contributed by atoms with Gasteiger partial charge in [0.15, 0.2) is 0 Å². The SMILES string of the molecule is C=CC(=O)O.C=CC(=O)O.OCCO.OCCO. The van der Waals surface area contributed by atoms with Gasteiger partial charge in [-0.2, -0.15) is 0 Å². The summed E-state index contributed by atoms with van der Waals surface area (Å²) in [5, 5.41) is 45.7. The van der Waals surface area contributed by atoms with E-state index in [1.807, 2.05) is 0 Å². The highest BCUT2D eigenvalue weighted by atomic mass is 16.4. The maximum atomic E-state index is 9.25. The number of aliphatic hydroxyl groups excluding tert-OH is 4. The first-order valence-electron chi connectivity index (χ1n) is 4.51. The first kappa shape index (κ1) is 25.2. The van der Waals surface area contributed by atoms with Crippen LogP contribution in [0.15, 0.2) is 25.3 Å². The van der Waals surface area contributed by atoms with Gasteiger partial charge >= 0.3 is 11.9 Å². The van der Waals surface area contributed by atoms with E-state index in [1.165, 1.54) is 0 Å². The van der Waals surface area contributed by atoms with E-state index in [-0.39, 0.29) is 26.4 Å². The quantitative estimate of drug-likeness (QED) is 0.335. The molecule has 0 fully saturated rings. The molecule has 0 radical (unpaired) electrons. The van der Waals surface area contributed by atoms with Crippen LogP contribution in [0.4, 0.5) is 0 Å². The van der Waals surface area contributed by atoms with Gasteiger partial charge in [0.25, 0.3) is 0 Å². The molecule has 0 spiro atoms. The van der Waals surface area contributed by atoms with Gasteiger partial charge < -0.3 is 30.6 Å². The Labute approximate surface area is 105 Å². The zero-order valence-electron chi connectivity index (χ0n) is 9.90. The molecule has 0 aromatic heterocycles. The van der Waals surface area contributed by atoms with E-state index in [2.05, 4.69) is 13.2 Å². The molecular formula is C10H20O8. The summed E-state index contributed by atoms with van der Waals surface area (Å²) in [6.07, 6.45) is 1.67. The molecular weight excluding hydrogens is 248 g/mol. The second-order valence-electron chi connectivity index (χ2n) is 1.98. The van der Waals surface area contributed by atoms with Crippen molar-refractivity contribution in [2.75, 3.05) is 26.4 Å². The van der Waals surface area contributed by atoms with Gasteiger partial charge in [0.05, 0.1) is 26.4 Å². The number of aliphatic hydroxyl groups is 4. The van der Waals surface area contributed by atoms with Gasteiger partial charge in [-0.05, 0) is 0 Å². The highest BCUT2D eigenvalue weighted by molar-refractivity contribution is 5.79. The number of hydrogen-bond acceptors (Lipinski definition) is 6. The monoisotopic (exact) mass is 268 g/mol. The first-order valence-corrected chi connectivity index (χ1v) is 4.51. The van der Waals surface area contributed by atoms with Crippen LogP contribution >= 0.6 is 0 Å². The lowest BCUT2D eigenvalue weighted by Crippen LogP contribution is -1.85. The molecule has 108 valence electrons. The van der Waals surface area contributed by atoms with Crippen molar-refractivity contribution in [2.45, 2.75) is 0 Å². The first-order chi connectivity index (χ1) is 8.37. The van der Waals surface area contributed by atoms with E-state index >= 15 is 0 Å². The van der Waals surface area contributed by atoms with Crippen LogP contribution in [0.1, 0.15) is 0 Å². The van der Waals surface area contributed by atoms with Gasteiger partial charge in [-0.15, -0.1) is 0 Å². The van der Waals surface area contributed by atoms with Gasteiger partial charge in [-0.3, -0.25) is 0 Å². The van der Waals surface area contributed by atoms with Crippen molar-refractivity contribution in [3.05, 3.63) is 25.3 Å². The maximum Gasteiger partial charge on any atom is 0.327 e. The predicted molar refractivity (Wildman–Crippen MR) is 64.0 cm³/mol. The van der Waals surface area contributed by atoms with Crippen molar-refractivity contribution < 1.29 is 40.2 Å². The zero-order valence-corrected chi connectivity index (χ0v) is 9.90.